The lowest BCUT2D eigenvalue weighted by molar-refractivity contribution is -0.137. The van der Waals surface area contributed by atoms with Crippen molar-refractivity contribution in [1.29, 1.82) is 0 Å². The van der Waals surface area contributed by atoms with Crippen molar-refractivity contribution in [1.82, 2.24) is 4.57 Å². The Labute approximate surface area is 107 Å². The molecule has 0 aliphatic carbocycles. The lowest BCUT2D eigenvalue weighted by Crippen LogP contribution is -2.10. The van der Waals surface area contributed by atoms with Crippen LogP contribution >= 0.6 is 0 Å². The number of nitrogens with zero attached hydrogens (tertiary/aromatic N) is 1. The summed E-state index contributed by atoms with van der Waals surface area (Å²) in [6.45, 7) is 0. The van der Waals surface area contributed by atoms with Crippen LogP contribution in [0.1, 0.15) is 5.56 Å². The molecular weight excluding hydrogens is 251 g/mol. The van der Waals surface area contributed by atoms with E-state index in [9.17, 15) is 13.2 Å². The molecule has 1 radical (unpaired) electrons. The van der Waals surface area contributed by atoms with Gasteiger partial charge in [0.15, 0.2) is 0 Å². The van der Waals surface area contributed by atoms with Gasteiger partial charge in [-0.25, -0.2) is 0 Å². The Bertz CT molecular complexity index is 725. The molecule has 0 aliphatic rings. The number of fused-ring (bicyclic) bond motifs is 1. The molecule has 0 unspecified atom stereocenters. The zero-order valence-corrected chi connectivity index (χ0v) is 9.78. The molecule has 0 saturated heterocycles. The fraction of sp³-hybridized carbons (Fsp3) is 0.0667. The second kappa shape index (κ2) is 4.16. The van der Waals surface area contributed by atoms with Crippen molar-refractivity contribution in [3.8, 4) is 5.69 Å². The lowest BCUT2D eigenvalue weighted by Gasteiger charge is -2.14. The first kappa shape index (κ1) is 11.8. The highest BCUT2D eigenvalue weighted by Crippen LogP contribution is 2.34. The minimum absolute atomic E-state index is 0.118. The molecule has 0 fully saturated rings. The Hall–Kier alpha value is -2.23. The largest absolute Gasteiger partial charge is 0.418 e. The molecule has 0 spiro atoms. The summed E-state index contributed by atoms with van der Waals surface area (Å²) in [5, 5.41) is 0.906. The molecule has 2 aromatic carbocycles. The third kappa shape index (κ3) is 1.99. The maximum absolute atomic E-state index is 13.0. The van der Waals surface area contributed by atoms with Gasteiger partial charge in [0, 0.05) is 6.20 Å². The van der Waals surface area contributed by atoms with Gasteiger partial charge >= 0.3 is 6.18 Å². The van der Waals surface area contributed by atoms with E-state index in [-0.39, 0.29) is 5.69 Å². The summed E-state index contributed by atoms with van der Waals surface area (Å²) in [7, 11) is 0. The summed E-state index contributed by atoms with van der Waals surface area (Å²) in [4.78, 5) is 0. The highest BCUT2D eigenvalue weighted by molar-refractivity contribution is 5.82. The molecule has 3 rings (SSSR count). The third-order valence-corrected chi connectivity index (χ3v) is 3.01. The van der Waals surface area contributed by atoms with E-state index >= 15 is 0 Å². The molecule has 0 N–H and O–H groups in total. The van der Waals surface area contributed by atoms with Gasteiger partial charge in [-0.05, 0) is 35.7 Å². The van der Waals surface area contributed by atoms with Gasteiger partial charge in [0.1, 0.15) is 0 Å². The van der Waals surface area contributed by atoms with Crippen LogP contribution in [0.5, 0.6) is 0 Å². The minimum atomic E-state index is -4.39. The second-order valence-corrected chi connectivity index (χ2v) is 4.19. The van der Waals surface area contributed by atoms with Gasteiger partial charge in [0.25, 0.3) is 0 Å². The maximum Gasteiger partial charge on any atom is 0.418 e. The Balaban J connectivity index is 2.28. The summed E-state index contributed by atoms with van der Waals surface area (Å²) in [6, 6.07) is 15.5. The highest BCUT2D eigenvalue weighted by atomic mass is 19.4. The van der Waals surface area contributed by atoms with Crippen LogP contribution in [0, 0.1) is 6.07 Å². The molecule has 0 aliphatic heterocycles. The molecule has 19 heavy (non-hydrogen) atoms. The standard InChI is InChI=1S/C15H9F3N/c16-15(17,18)12-6-2-4-8-14(12)19-10-9-11-5-1-3-7-13(11)19/h1,3-10H. The molecule has 1 aromatic heterocycles. The zero-order chi connectivity index (χ0) is 13.5. The number of para-hydroxylation sites is 1. The van der Waals surface area contributed by atoms with Crippen LogP contribution < -0.4 is 0 Å². The Morgan fingerprint density at radius 1 is 1.00 bits per heavy atom. The fourth-order valence-corrected chi connectivity index (χ4v) is 2.15. The summed E-state index contributed by atoms with van der Waals surface area (Å²) in [5.41, 5.74) is 0.183. The van der Waals surface area contributed by atoms with Crippen LogP contribution in [0.25, 0.3) is 16.6 Å². The van der Waals surface area contributed by atoms with Crippen molar-refractivity contribution >= 4 is 10.9 Å². The van der Waals surface area contributed by atoms with Gasteiger partial charge in [0.2, 0.25) is 0 Å². The number of halogens is 3. The van der Waals surface area contributed by atoms with Crippen LogP contribution in [-0.4, -0.2) is 4.57 Å². The zero-order valence-electron chi connectivity index (χ0n) is 9.78. The maximum atomic E-state index is 13.0. The van der Waals surface area contributed by atoms with Gasteiger partial charge in [-0.3, -0.25) is 0 Å². The van der Waals surface area contributed by atoms with Crippen LogP contribution in [-0.2, 0) is 6.18 Å². The van der Waals surface area contributed by atoms with Gasteiger partial charge < -0.3 is 4.57 Å². The Kier molecular flexibility index (Phi) is 2.59. The number of hydrogen-bond acceptors (Lipinski definition) is 0. The molecule has 4 heteroatoms. The first-order chi connectivity index (χ1) is 9.07. The first-order valence-corrected chi connectivity index (χ1v) is 5.71. The number of benzene rings is 2. The van der Waals surface area contributed by atoms with E-state index < -0.39 is 11.7 Å². The average Bonchev–Trinajstić information content (AvgIpc) is 2.81. The van der Waals surface area contributed by atoms with Crippen molar-refractivity contribution in [2.45, 2.75) is 6.18 Å². The molecule has 1 heterocycles. The van der Waals surface area contributed by atoms with Crippen molar-refractivity contribution in [3.63, 3.8) is 0 Å². The Morgan fingerprint density at radius 3 is 2.58 bits per heavy atom. The molecule has 0 atom stereocenters. The second-order valence-electron chi connectivity index (χ2n) is 4.19. The van der Waals surface area contributed by atoms with E-state index in [2.05, 4.69) is 6.07 Å². The van der Waals surface area contributed by atoms with Gasteiger partial charge in [-0.15, -0.1) is 0 Å². The number of hydrogen-bond donors (Lipinski definition) is 0. The smallest absolute Gasteiger partial charge is 0.316 e. The third-order valence-electron chi connectivity index (χ3n) is 3.01. The minimum Gasteiger partial charge on any atom is -0.316 e. The SMILES string of the molecule is FC(F)(F)c1c[c]ccc1-n1ccc2ccccc21. The number of rotatable bonds is 1. The van der Waals surface area contributed by atoms with E-state index in [1.54, 1.807) is 29.0 Å². The monoisotopic (exact) mass is 260 g/mol. The van der Waals surface area contributed by atoms with Crippen LogP contribution in [0.15, 0.2) is 54.7 Å². The van der Waals surface area contributed by atoms with E-state index in [0.29, 0.717) is 0 Å². The number of aromatic nitrogens is 1. The summed E-state index contributed by atoms with van der Waals surface area (Å²) >= 11 is 0. The normalized spacial score (nSPS) is 11.9. The first-order valence-electron chi connectivity index (χ1n) is 5.71. The van der Waals surface area contributed by atoms with Crippen molar-refractivity contribution < 1.29 is 13.2 Å². The van der Waals surface area contributed by atoms with Crippen molar-refractivity contribution in [2.75, 3.05) is 0 Å². The topological polar surface area (TPSA) is 4.93 Å². The predicted molar refractivity (Wildman–Crippen MR) is 67.1 cm³/mol. The summed E-state index contributed by atoms with van der Waals surface area (Å²) in [6.07, 6.45) is -2.74. The van der Waals surface area contributed by atoms with Gasteiger partial charge in [-0.1, -0.05) is 24.3 Å². The molecular formula is C15H9F3N. The van der Waals surface area contributed by atoms with E-state index in [1.807, 2.05) is 12.1 Å². The summed E-state index contributed by atoms with van der Waals surface area (Å²) < 4.78 is 40.6. The molecule has 0 bridgehead atoms. The van der Waals surface area contributed by atoms with Crippen molar-refractivity contribution in [3.05, 3.63) is 66.4 Å². The molecule has 1 nitrogen and oxygen atoms in total. The highest BCUT2D eigenvalue weighted by Gasteiger charge is 2.33. The fourth-order valence-electron chi connectivity index (χ4n) is 2.15. The Morgan fingerprint density at radius 2 is 1.79 bits per heavy atom. The van der Waals surface area contributed by atoms with Crippen LogP contribution in [0.4, 0.5) is 13.2 Å². The van der Waals surface area contributed by atoms with Crippen molar-refractivity contribution in [2.24, 2.45) is 0 Å². The molecule has 0 saturated carbocycles. The molecule has 95 valence electrons. The number of alkyl halides is 3. The van der Waals surface area contributed by atoms with E-state index in [0.717, 1.165) is 17.0 Å². The quantitative estimate of drug-likeness (QED) is 0.609. The molecule has 0 amide bonds. The lowest BCUT2D eigenvalue weighted by atomic mass is 10.1. The van der Waals surface area contributed by atoms with E-state index in [4.69, 9.17) is 0 Å². The van der Waals surface area contributed by atoms with Crippen LogP contribution in [0.2, 0.25) is 0 Å². The van der Waals surface area contributed by atoms with Gasteiger partial charge in [-0.2, -0.15) is 13.2 Å². The van der Waals surface area contributed by atoms with Gasteiger partial charge in [0.05, 0.1) is 16.8 Å². The van der Waals surface area contributed by atoms with E-state index in [1.165, 1.54) is 12.1 Å². The van der Waals surface area contributed by atoms with Crippen LogP contribution in [0.3, 0.4) is 0 Å². The predicted octanol–water partition coefficient (Wildman–Crippen LogP) is 4.45. The molecule has 3 aromatic rings. The summed E-state index contributed by atoms with van der Waals surface area (Å²) in [5.74, 6) is 0. The average molecular weight is 260 g/mol.